The van der Waals surface area contributed by atoms with Crippen molar-refractivity contribution in [2.24, 2.45) is 0 Å². The first-order valence-corrected chi connectivity index (χ1v) is 7.42. The summed E-state index contributed by atoms with van der Waals surface area (Å²) in [5.41, 5.74) is 4.15. The van der Waals surface area contributed by atoms with Crippen LogP contribution in [0.25, 0.3) is 6.08 Å². The smallest absolute Gasteiger partial charge is 0.331 e. The van der Waals surface area contributed by atoms with Gasteiger partial charge in [-0.25, -0.2) is 4.79 Å². The molecule has 0 spiro atoms. The number of hydrogen-bond donors (Lipinski definition) is 0. The van der Waals surface area contributed by atoms with E-state index < -0.39 is 0 Å². The van der Waals surface area contributed by atoms with Crippen molar-refractivity contribution in [3.8, 4) is 11.5 Å². The first-order chi connectivity index (χ1) is 11.1. The number of esters is 1. The molecule has 0 bridgehead atoms. The van der Waals surface area contributed by atoms with Crippen molar-refractivity contribution in [3.05, 3.63) is 64.7 Å². The van der Waals surface area contributed by atoms with E-state index in [1.807, 2.05) is 50.2 Å². The second-order valence-electron chi connectivity index (χ2n) is 5.48. The van der Waals surface area contributed by atoms with Crippen molar-refractivity contribution in [1.82, 2.24) is 0 Å². The Morgan fingerprint density at radius 3 is 2.83 bits per heavy atom. The van der Waals surface area contributed by atoms with Gasteiger partial charge in [-0.3, -0.25) is 0 Å². The highest BCUT2D eigenvalue weighted by Crippen LogP contribution is 2.32. The van der Waals surface area contributed by atoms with Gasteiger partial charge in [0.2, 0.25) is 6.79 Å². The zero-order chi connectivity index (χ0) is 16.2. The van der Waals surface area contributed by atoms with Crippen LogP contribution in [0.15, 0.2) is 42.5 Å². The van der Waals surface area contributed by atoms with Crippen LogP contribution >= 0.6 is 0 Å². The van der Waals surface area contributed by atoms with Gasteiger partial charge in [-0.2, -0.15) is 0 Å². The van der Waals surface area contributed by atoms with E-state index in [2.05, 4.69) is 0 Å². The predicted molar refractivity (Wildman–Crippen MR) is 87.3 cm³/mol. The van der Waals surface area contributed by atoms with Crippen LogP contribution in [-0.4, -0.2) is 12.8 Å². The fourth-order valence-corrected chi connectivity index (χ4v) is 2.33. The maximum atomic E-state index is 11.9. The van der Waals surface area contributed by atoms with Gasteiger partial charge in [-0.15, -0.1) is 0 Å². The van der Waals surface area contributed by atoms with E-state index >= 15 is 0 Å². The molecule has 1 aliphatic rings. The van der Waals surface area contributed by atoms with Crippen LogP contribution in [0.4, 0.5) is 0 Å². The van der Waals surface area contributed by atoms with Crippen molar-refractivity contribution >= 4 is 12.0 Å². The van der Waals surface area contributed by atoms with Gasteiger partial charge in [0.25, 0.3) is 0 Å². The number of aryl methyl sites for hydroxylation is 2. The monoisotopic (exact) mass is 310 g/mol. The van der Waals surface area contributed by atoms with Crippen molar-refractivity contribution < 1.29 is 19.0 Å². The third-order valence-corrected chi connectivity index (χ3v) is 3.68. The lowest BCUT2D eigenvalue weighted by atomic mass is 10.1. The van der Waals surface area contributed by atoms with Gasteiger partial charge in [0.15, 0.2) is 11.5 Å². The van der Waals surface area contributed by atoms with Gasteiger partial charge in [-0.1, -0.05) is 29.8 Å². The van der Waals surface area contributed by atoms with Gasteiger partial charge in [-0.05, 0) is 48.7 Å². The third kappa shape index (κ3) is 3.72. The lowest BCUT2D eigenvalue weighted by Gasteiger charge is -2.07. The molecule has 2 aromatic carbocycles. The van der Waals surface area contributed by atoms with Gasteiger partial charge >= 0.3 is 5.97 Å². The normalized spacial score (nSPS) is 12.6. The van der Waals surface area contributed by atoms with Crippen LogP contribution in [0.1, 0.15) is 22.3 Å². The zero-order valence-electron chi connectivity index (χ0n) is 13.2. The van der Waals surface area contributed by atoms with E-state index in [0.717, 1.165) is 28.0 Å². The fraction of sp³-hybridized carbons (Fsp3) is 0.211. The lowest BCUT2D eigenvalue weighted by molar-refractivity contribution is -0.138. The van der Waals surface area contributed by atoms with E-state index in [9.17, 15) is 4.79 Å². The second kappa shape index (κ2) is 6.57. The topological polar surface area (TPSA) is 44.8 Å². The SMILES string of the molecule is Cc1ccc(C)c(COC(=O)/C=C/c2ccc3c(c2)OCO3)c1. The number of carbonyl (C=O) groups excluding carboxylic acids is 1. The summed E-state index contributed by atoms with van der Waals surface area (Å²) < 4.78 is 15.8. The van der Waals surface area contributed by atoms with E-state index in [0.29, 0.717) is 5.75 Å². The molecule has 0 saturated heterocycles. The number of ether oxygens (including phenoxy) is 3. The Labute approximate surface area is 135 Å². The van der Waals surface area contributed by atoms with Crippen molar-refractivity contribution in [1.29, 1.82) is 0 Å². The molecule has 4 nitrogen and oxygen atoms in total. The molecule has 0 N–H and O–H groups in total. The summed E-state index contributed by atoms with van der Waals surface area (Å²) in [5, 5.41) is 0. The largest absolute Gasteiger partial charge is 0.458 e. The Balaban J connectivity index is 1.60. The molecule has 0 saturated carbocycles. The standard InChI is InChI=1S/C19H18O4/c1-13-3-4-14(2)16(9-13)11-21-19(20)8-6-15-5-7-17-18(10-15)23-12-22-17/h3-10H,11-12H2,1-2H3/b8-6+. The minimum Gasteiger partial charge on any atom is -0.458 e. The Hall–Kier alpha value is -2.75. The van der Waals surface area contributed by atoms with Crippen molar-refractivity contribution in [2.45, 2.75) is 20.5 Å². The van der Waals surface area contributed by atoms with Crippen LogP contribution in [0.3, 0.4) is 0 Å². The van der Waals surface area contributed by atoms with Gasteiger partial charge in [0.1, 0.15) is 6.61 Å². The lowest BCUT2D eigenvalue weighted by Crippen LogP contribution is -2.02. The fourth-order valence-electron chi connectivity index (χ4n) is 2.33. The van der Waals surface area contributed by atoms with E-state index in [4.69, 9.17) is 14.2 Å². The van der Waals surface area contributed by atoms with Gasteiger partial charge in [0, 0.05) is 6.08 Å². The first-order valence-electron chi connectivity index (χ1n) is 7.42. The summed E-state index contributed by atoms with van der Waals surface area (Å²) in [6, 6.07) is 11.6. The minimum absolute atomic E-state index is 0.236. The Morgan fingerprint density at radius 2 is 1.96 bits per heavy atom. The molecule has 1 heterocycles. The third-order valence-electron chi connectivity index (χ3n) is 3.68. The molecule has 3 rings (SSSR count). The molecular formula is C19H18O4. The highest BCUT2D eigenvalue weighted by Gasteiger charge is 2.12. The summed E-state index contributed by atoms with van der Waals surface area (Å²) in [5.74, 6) is 1.04. The van der Waals surface area contributed by atoms with E-state index in [-0.39, 0.29) is 19.4 Å². The Bertz CT molecular complexity index is 762. The number of rotatable bonds is 4. The molecule has 23 heavy (non-hydrogen) atoms. The van der Waals surface area contributed by atoms with Gasteiger partial charge in [0.05, 0.1) is 0 Å². The van der Waals surface area contributed by atoms with Crippen molar-refractivity contribution in [2.75, 3.05) is 6.79 Å². The van der Waals surface area contributed by atoms with Gasteiger partial charge < -0.3 is 14.2 Å². The van der Waals surface area contributed by atoms with E-state index in [1.54, 1.807) is 6.08 Å². The summed E-state index contributed by atoms with van der Waals surface area (Å²) in [4.78, 5) is 11.9. The summed E-state index contributed by atoms with van der Waals surface area (Å²) in [6.45, 7) is 4.54. The highest BCUT2D eigenvalue weighted by molar-refractivity contribution is 5.87. The van der Waals surface area contributed by atoms with Crippen molar-refractivity contribution in [3.63, 3.8) is 0 Å². The summed E-state index contributed by atoms with van der Waals surface area (Å²) in [6.07, 6.45) is 3.12. The molecule has 4 heteroatoms. The highest BCUT2D eigenvalue weighted by atomic mass is 16.7. The Kier molecular flexibility index (Phi) is 4.33. The molecule has 0 atom stereocenters. The second-order valence-corrected chi connectivity index (χ2v) is 5.48. The molecule has 1 aliphatic heterocycles. The number of benzene rings is 2. The molecule has 118 valence electrons. The van der Waals surface area contributed by atoms with Crippen LogP contribution in [0.5, 0.6) is 11.5 Å². The first kappa shape index (κ1) is 15.2. The van der Waals surface area contributed by atoms with Crippen LogP contribution in [0, 0.1) is 13.8 Å². The van der Waals surface area contributed by atoms with Crippen LogP contribution in [0.2, 0.25) is 0 Å². The molecule has 2 aromatic rings. The van der Waals surface area contributed by atoms with Crippen LogP contribution < -0.4 is 9.47 Å². The summed E-state index contributed by atoms with van der Waals surface area (Å²) >= 11 is 0. The molecule has 0 fully saturated rings. The Morgan fingerprint density at radius 1 is 1.13 bits per heavy atom. The zero-order valence-corrected chi connectivity index (χ0v) is 13.2. The molecule has 0 aromatic heterocycles. The minimum atomic E-state index is -0.372. The van der Waals surface area contributed by atoms with Crippen LogP contribution in [-0.2, 0) is 16.1 Å². The predicted octanol–water partition coefficient (Wildman–Crippen LogP) is 3.79. The molecular weight excluding hydrogens is 292 g/mol. The quantitative estimate of drug-likeness (QED) is 0.636. The maximum absolute atomic E-state index is 11.9. The maximum Gasteiger partial charge on any atom is 0.331 e. The molecule has 0 aliphatic carbocycles. The molecule has 0 unspecified atom stereocenters. The average molecular weight is 310 g/mol. The number of hydrogen-bond acceptors (Lipinski definition) is 4. The van der Waals surface area contributed by atoms with E-state index in [1.165, 1.54) is 6.08 Å². The number of fused-ring (bicyclic) bond motifs is 1. The molecule has 0 radical (unpaired) electrons. The molecule has 0 amide bonds. The number of carbonyl (C=O) groups is 1. The average Bonchev–Trinajstić information content (AvgIpc) is 3.01. The summed E-state index contributed by atoms with van der Waals surface area (Å²) in [7, 11) is 0.